The van der Waals surface area contributed by atoms with Gasteiger partial charge in [0.1, 0.15) is 5.82 Å². The maximum absolute atomic E-state index is 12.8. The molecule has 0 fully saturated rings. The molecule has 2 aromatic rings. The van der Waals surface area contributed by atoms with E-state index in [9.17, 15) is 9.18 Å². The van der Waals surface area contributed by atoms with Crippen molar-refractivity contribution in [1.29, 1.82) is 0 Å². The molecule has 1 aromatic heterocycles. The molecule has 1 heterocycles. The lowest BCUT2D eigenvalue weighted by Gasteiger charge is -2.16. The first-order chi connectivity index (χ1) is 8.99. The number of H-pyrrole nitrogens is 1. The van der Waals surface area contributed by atoms with Crippen molar-refractivity contribution in [2.75, 3.05) is 12.8 Å². The van der Waals surface area contributed by atoms with E-state index < -0.39 is 0 Å². The Labute approximate surface area is 110 Å². The van der Waals surface area contributed by atoms with Gasteiger partial charge in [0, 0.05) is 13.6 Å². The van der Waals surface area contributed by atoms with Gasteiger partial charge in [-0.15, -0.1) is 0 Å². The zero-order valence-corrected chi connectivity index (χ0v) is 10.8. The second-order valence-corrected chi connectivity index (χ2v) is 4.40. The topological polar surface area (TPSA) is 75.0 Å². The van der Waals surface area contributed by atoms with E-state index in [2.05, 4.69) is 10.2 Å². The van der Waals surface area contributed by atoms with E-state index in [0.717, 1.165) is 5.56 Å². The van der Waals surface area contributed by atoms with Gasteiger partial charge in [-0.2, -0.15) is 5.10 Å². The van der Waals surface area contributed by atoms with Gasteiger partial charge in [-0.3, -0.25) is 9.89 Å². The number of aromatic amines is 1. The minimum Gasteiger partial charge on any atom is -0.395 e. The monoisotopic (exact) mass is 262 g/mol. The largest absolute Gasteiger partial charge is 0.395 e. The van der Waals surface area contributed by atoms with Crippen molar-refractivity contribution in [2.45, 2.75) is 13.5 Å². The van der Waals surface area contributed by atoms with Crippen LogP contribution in [-0.2, 0) is 6.54 Å². The number of hydrogen-bond donors (Lipinski definition) is 2. The summed E-state index contributed by atoms with van der Waals surface area (Å²) in [6.45, 7) is 2.11. The first-order valence-electron chi connectivity index (χ1n) is 5.79. The van der Waals surface area contributed by atoms with Crippen LogP contribution in [0.5, 0.6) is 0 Å². The molecule has 0 radical (unpaired) electrons. The average molecular weight is 262 g/mol. The molecule has 0 bridgehead atoms. The highest BCUT2D eigenvalue weighted by molar-refractivity contribution is 5.97. The summed E-state index contributed by atoms with van der Waals surface area (Å²) >= 11 is 0. The number of carbonyl (C=O) groups is 1. The van der Waals surface area contributed by atoms with Crippen LogP contribution in [-0.4, -0.2) is 28.1 Å². The number of carbonyl (C=O) groups excluding carboxylic acids is 1. The molecular weight excluding hydrogens is 247 g/mol. The van der Waals surface area contributed by atoms with Crippen molar-refractivity contribution in [3.8, 4) is 0 Å². The van der Waals surface area contributed by atoms with E-state index in [-0.39, 0.29) is 17.4 Å². The fourth-order valence-electron chi connectivity index (χ4n) is 1.72. The number of hydrogen-bond acceptors (Lipinski definition) is 3. The average Bonchev–Trinajstić information content (AvgIpc) is 2.72. The number of nitrogens with zero attached hydrogens (tertiary/aromatic N) is 2. The number of aromatic nitrogens is 2. The number of nitrogens with two attached hydrogens (primary N) is 1. The molecule has 5 nitrogen and oxygen atoms in total. The molecule has 0 aliphatic heterocycles. The first-order valence-corrected chi connectivity index (χ1v) is 5.79. The van der Waals surface area contributed by atoms with E-state index in [0.29, 0.717) is 17.9 Å². The molecule has 0 spiro atoms. The van der Waals surface area contributed by atoms with Gasteiger partial charge in [-0.25, -0.2) is 4.39 Å². The Morgan fingerprint density at radius 2 is 2.05 bits per heavy atom. The zero-order chi connectivity index (χ0) is 14.0. The summed E-state index contributed by atoms with van der Waals surface area (Å²) in [5.74, 6) is -0.573. The van der Waals surface area contributed by atoms with E-state index in [1.807, 2.05) is 0 Å². The van der Waals surface area contributed by atoms with E-state index in [4.69, 9.17) is 5.73 Å². The van der Waals surface area contributed by atoms with Gasteiger partial charge >= 0.3 is 0 Å². The highest BCUT2D eigenvalue weighted by atomic mass is 19.1. The third kappa shape index (κ3) is 2.73. The molecule has 1 amide bonds. The molecule has 19 heavy (non-hydrogen) atoms. The number of aryl methyl sites for hydroxylation is 1. The number of amides is 1. The molecule has 3 N–H and O–H groups in total. The molecule has 0 saturated heterocycles. The van der Waals surface area contributed by atoms with E-state index >= 15 is 0 Å². The minimum absolute atomic E-state index is 0.210. The lowest BCUT2D eigenvalue weighted by Crippen LogP contribution is -2.27. The molecule has 6 heteroatoms. The van der Waals surface area contributed by atoms with Crippen molar-refractivity contribution >= 4 is 11.6 Å². The van der Waals surface area contributed by atoms with Gasteiger partial charge < -0.3 is 10.6 Å². The predicted octanol–water partition coefficient (Wildman–Crippen LogP) is 1.71. The summed E-state index contributed by atoms with van der Waals surface area (Å²) in [6, 6.07) is 6.00. The minimum atomic E-state index is -0.301. The summed E-state index contributed by atoms with van der Waals surface area (Å²) < 4.78 is 12.8. The number of rotatable bonds is 3. The fourth-order valence-corrected chi connectivity index (χ4v) is 1.72. The smallest absolute Gasteiger partial charge is 0.276 e. The highest BCUT2D eigenvalue weighted by Gasteiger charge is 2.19. The summed E-state index contributed by atoms with van der Waals surface area (Å²) in [6.07, 6.45) is 0. The molecule has 0 aliphatic carbocycles. The van der Waals surface area contributed by atoms with Crippen LogP contribution >= 0.6 is 0 Å². The maximum atomic E-state index is 12.8. The molecule has 100 valence electrons. The Bertz CT molecular complexity index is 591. The van der Waals surface area contributed by atoms with Crippen LogP contribution in [0, 0.1) is 12.7 Å². The number of nitrogens with one attached hydrogen (secondary N) is 1. The van der Waals surface area contributed by atoms with Crippen LogP contribution in [0.4, 0.5) is 10.1 Å². The first kappa shape index (κ1) is 13.1. The highest BCUT2D eigenvalue weighted by Crippen LogP contribution is 2.15. The van der Waals surface area contributed by atoms with Crippen LogP contribution in [0.25, 0.3) is 0 Å². The molecule has 0 atom stereocenters. The Morgan fingerprint density at radius 1 is 1.42 bits per heavy atom. The Kier molecular flexibility index (Phi) is 3.50. The van der Waals surface area contributed by atoms with Gasteiger partial charge in [0.15, 0.2) is 5.69 Å². The third-order valence-electron chi connectivity index (χ3n) is 2.88. The number of nitrogen functional groups attached to an aromatic ring is 1. The molecule has 0 saturated carbocycles. The van der Waals surface area contributed by atoms with Gasteiger partial charge in [-0.05, 0) is 24.6 Å². The summed E-state index contributed by atoms with van der Waals surface area (Å²) in [7, 11) is 1.65. The Morgan fingerprint density at radius 3 is 2.58 bits per heavy atom. The predicted molar refractivity (Wildman–Crippen MR) is 69.9 cm³/mol. The normalized spacial score (nSPS) is 10.5. The Hall–Kier alpha value is -2.37. The van der Waals surface area contributed by atoms with Crippen molar-refractivity contribution in [3.05, 3.63) is 47.0 Å². The lowest BCUT2D eigenvalue weighted by molar-refractivity contribution is 0.0780. The van der Waals surface area contributed by atoms with Crippen LogP contribution in [0.1, 0.15) is 21.7 Å². The summed E-state index contributed by atoms with van der Waals surface area (Å²) in [5, 5.41) is 6.56. The SMILES string of the molecule is Cc1[nH]nc(C(=O)N(C)Cc2ccc(F)cc2)c1N. The van der Waals surface area contributed by atoms with Crippen LogP contribution < -0.4 is 5.73 Å². The van der Waals surface area contributed by atoms with Crippen molar-refractivity contribution < 1.29 is 9.18 Å². The van der Waals surface area contributed by atoms with Gasteiger partial charge in [0.2, 0.25) is 0 Å². The second kappa shape index (κ2) is 5.09. The van der Waals surface area contributed by atoms with Crippen LogP contribution in [0.3, 0.4) is 0 Å². The standard InChI is InChI=1S/C13H15FN4O/c1-8-11(15)12(17-16-8)13(19)18(2)7-9-3-5-10(14)6-4-9/h3-6H,7,15H2,1-2H3,(H,16,17). The number of benzene rings is 1. The zero-order valence-electron chi connectivity index (χ0n) is 10.8. The molecule has 2 rings (SSSR count). The summed E-state index contributed by atoms with van der Waals surface area (Å²) in [4.78, 5) is 13.6. The van der Waals surface area contributed by atoms with Gasteiger partial charge in [0.05, 0.1) is 11.4 Å². The summed E-state index contributed by atoms with van der Waals surface area (Å²) in [5.41, 5.74) is 7.83. The maximum Gasteiger partial charge on any atom is 0.276 e. The second-order valence-electron chi connectivity index (χ2n) is 4.40. The van der Waals surface area contributed by atoms with Crippen molar-refractivity contribution in [1.82, 2.24) is 15.1 Å². The van der Waals surface area contributed by atoms with Gasteiger partial charge in [0.25, 0.3) is 5.91 Å². The number of halogens is 1. The Balaban J connectivity index is 2.11. The quantitative estimate of drug-likeness (QED) is 0.884. The van der Waals surface area contributed by atoms with Crippen molar-refractivity contribution in [3.63, 3.8) is 0 Å². The molecule has 0 unspecified atom stereocenters. The van der Waals surface area contributed by atoms with E-state index in [1.54, 1.807) is 26.1 Å². The molecule has 0 aliphatic rings. The molecule has 1 aromatic carbocycles. The number of anilines is 1. The van der Waals surface area contributed by atoms with Crippen LogP contribution in [0.2, 0.25) is 0 Å². The van der Waals surface area contributed by atoms with Crippen LogP contribution in [0.15, 0.2) is 24.3 Å². The van der Waals surface area contributed by atoms with Gasteiger partial charge in [-0.1, -0.05) is 12.1 Å². The lowest BCUT2D eigenvalue weighted by atomic mass is 10.2. The van der Waals surface area contributed by atoms with E-state index in [1.165, 1.54) is 17.0 Å². The van der Waals surface area contributed by atoms with Crippen molar-refractivity contribution in [2.24, 2.45) is 0 Å². The molecular formula is C13H15FN4O. The fraction of sp³-hybridized carbons (Fsp3) is 0.231. The third-order valence-corrected chi connectivity index (χ3v) is 2.88.